The number of methoxy groups -OCH3 is 2. The van der Waals surface area contributed by atoms with E-state index in [0.29, 0.717) is 0 Å². The van der Waals surface area contributed by atoms with Gasteiger partial charge in [0.05, 0.1) is 14.2 Å². The Balaban J connectivity index is 1.94. The third kappa shape index (κ3) is 4.56. The lowest BCUT2D eigenvalue weighted by Crippen LogP contribution is -2.46. The quantitative estimate of drug-likeness (QED) is 0.907. The number of thioether (sulfide) groups is 1. The second-order valence-corrected chi connectivity index (χ2v) is 6.82. The molecular weight excluding hydrogens is 284 g/mol. The number of hydrogen-bond donors (Lipinski definition) is 1. The Labute approximate surface area is 131 Å². The van der Waals surface area contributed by atoms with Gasteiger partial charge in [-0.3, -0.25) is 4.99 Å². The van der Waals surface area contributed by atoms with E-state index in [-0.39, 0.29) is 5.54 Å². The Morgan fingerprint density at radius 2 is 2.00 bits per heavy atom. The van der Waals surface area contributed by atoms with Crippen LogP contribution in [0.3, 0.4) is 0 Å². The van der Waals surface area contributed by atoms with Crippen molar-refractivity contribution in [3.8, 4) is 11.5 Å². The van der Waals surface area contributed by atoms with Gasteiger partial charge >= 0.3 is 0 Å². The highest BCUT2D eigenvalue weighted by molar-refractivity contribution is 8.13. The molecule has 0 aromatic heterocycles. The molecule has 0 radical (unpaired) electrons. The molecule has 0 atom stereocenters. The average molecular weight is 308 g/mol. The Hall–Kier alpha value is -1.36. The van der Waals surface area contributed by atoms with E-state index in [9.17, 15) is 0 Å². The zero-order valence-corrected chi connectivity index (χ0v) is 14.0. The number of nitrogens with zero attached hydrogens (tertiary/aromatic N) is 1. The van der Waals surface area contributed by atoms with Crippen molar-refractivity contribution in [1.82, 2.24) is 5.32 Å². The van der Waals surface area contributed by atoms with Gasteiger partial charge in [0, 0.05) is 17.8 Å². The van der Waals surface area contributed by atoms with Crippen LogP contribution >= 0.6 is 11.8 Å². The van der Waals surface area contributed by atoms with Crippen molar-refractivity contribution in [1.29, 1.82) is 0 Å². The number of amidine groups is 1. The van der Waals surface area contributed by atoms with Gasteiger partial charge in [0.25, 0.3) is 0 Å². The molecule has 0 saturated carbocycles. The summed E-state index contributed by atoms with van der Waals surface area (Å²) in [7, 11) is 3.31. The zero-order valence-electron chi connectivity index (χ0n) is 13.2. The van der Waals surface area contributed by atoms with Crippen LogP contribution in [0.1, 0.15) is 25.8 Å². The molecule has 0 aliphatic carbocycles. The summed E-state index contributed by atoms with van der Waals surface area (Å²) in [6, 6.07) is 6.02. The molecule has 1 aliphatic rings. The van der Waals surface area contributed by atoms with Crippen LogP contribution in [0.4, 0.5) is 0 Å². The van der Waals surface area contributed by atoms with Crippen LogP contribution in [0, 0.1) is 0 Å². The lowest BCUT2D eigenvalue weighted by Gasteiger charge is -2.32. The fourth-order valence-corrected chi connectivity index (χ4v) is 3.54. The smallest absolute Gasteiger partial charge is 0.160 e. The molecule has 5 heteroatoms. The number of benzene rings is 1. The fourth-order valence-electron chi connectivity index (χ4n) is 2.20. The maximum Gasteiger partial charge on any atom is 0.160 e. The third-order valence-corrected chi connectivity index (χ3v) is 4.43. The van der Waals surface area contributed by atoms with Crippen LogP contribution in [0.5, 0.6) is 11.5 Å². The maximum absolute atomic E-state index is 5.32. The first-order valence-electron chi connectivity index (χ1n) is 7.20. The van der Waals surface area contributed by atoms with Crippen LogP contribution < -0.4 is 14.8 Å². The van der Waals surface area contributed by atoms with E-state index in [4.69, 9.17) is 9.47 Å². The monoisotopic (exact) mass is 308 g/mol. The third-order valence-electron chi connectivity index (χ3n) is 3.52. The summed E-state index contributed by atoms with van der Waals surface area (Å²) >= 11 is 1.81. The average Bonchev–Trinajstić information content (AvgIpc) is 2.46. The van der Waals surface area contributed by atoms with Gasteiger partial charge in [-0.15, -0.1) is 0 Å². The Kier molecular flexibility index (Phi) is 5.39. The van der Waals surface area contributed by atoms with Gasteiger partial charge in [-0.1, -0.05) is 17.8 Å². The molecule has 1 fully saturated rings. The van der Waals surface area contributed by atoms with E-state index in [1.807, 2.05) is 23.9 Å². The number of hydrogen-bond acceptors (Lipinski definition) is 4. The molecule has 0 bridgehead atoms. The maximum atomic E-state index is 5.32. The van der Waals surface area contributed by atoms with Gasteiger partial charge in [-0.2, -0.15) is 0 Å². The minimum atomic E-state index is 0.160. The SMILES string of the molecule is COc1ccc(CCN=C2NC(C)(C)CCS2)cc1OC. The van der Waals surface area contributed by atoms with Gasteiger partial charge in [0.1, 0.15) is 0 Å². The number of nitrogens with one attached hydrogen (secondary N) is 1. The highest BCUT2D eigenvalue weighted by Crippen LogP contribution is 2.27. The van der Waals surface area contributed by atoms with Gasteiger partial charge < -0.3 is 14.8 Å². The molecule has 4 nitrogen and oxygen atoms in total. The molecule has 1 aliphatic heterocycles. The van der Waals surface area contributed by atoms with Crippen LogP contribution in [0.25, 0.3) is 0 Å². The molecule has 2 rings (SSSR count). The lowest BCUT2D eigenvalue weighted by atomic mass is 10.0. The van der Waals surface area contributed by atoms with E-state index in [2.05, 4.69) is 30.2 Å². The standard InChI is InChI=1S/C16H24N2O2S/c1-16(2)8-10-21-15(18-16)17-9-7-12-5-6-13(19-3)14(11-12)20-4/h5-6,11H,7-10H2,1-4H3,(H,17,18). The molecule has 1 aromatic rings. The number of rotatable bonds is 5. The van der Waals surface area contributed by atoms with E-state index >= 15 is 0 Å². The largest absolute Gasteiger partial charge is 0.493 e. The van der Waals surface area contributed by atoms with Crippen LogP contribution in [0.2, 0.25) is 0 Å². The first-order valence-corrected chi connectivity index (χ1v) is 8.19. The van der Waals surface area contributed by atoms with Crippen molar-refractivity contribution in [2.75, 3.05) is 26.5 Å². The summed E-state index contributed by atoms with van der Waals surface area (Å²) in [4.78, 5) is 4.67. The molecule has 116 valence electrons. The van der Waals surface area contributed by atoms with Crippen molar-refractivity contribution in [3.05, 3.63) is 23.8 Å². The summed E-state index contributed by atoms with van der Waals surface area (Å²) in [5.41, 5.74) is 1.37. The van der Waals surface area contributed by atoms with E-state index < -0.39 is 0 Å². The number of aliphatic imine (C=N–C) groups is 1. The van der Waals surface area contributed by atoms with Crippen molar-refractivity contribution >= 4 is 16.9 Å². The van der Waals surface area contributed by atoms with Gasteiger partial charge in [0.15, 0.2) is 16.7 Å². The summed E-state index contributed by atoms with van der Waals surface area (Å²) < 4.78 is 10.6. The molecular formula is C16H24N2O2S. The summed E-state index contributed by atoms with van der Waals surface area (Å²) in [5.74, 6) is 2.67. The molecule has 1 N–H and O–H groups in total. The first kappa shape index (κ1) is 16.0. The molecule has 0 unspecified atom stereocenters. The summed E-state index contributed by atoms with van der Waals surface area (Å²) in [5, 5.41) is 4.55. The van der Waals surface area contributed by atoms with Crippen molar-refractivity contribution < 1.29 is 9.47 Å². The molecule has 0 amide bonds. The van der Waals surface area contributed by atoms with Crippen LogP contribution in [-0.2, 0) is 6.42 Å². The van der Waals surface area contributed by atoms with Crippen LogP contribution in [-0.4, -0.2) is 37.2 Å². The molecule has 1 aromatic carbocycles. The number of ether oxygens (including phenoxy) is 2. The minimum Gasteiger partial charge on any atom is -0.493 e. The molecule has 1 saturated heterocycles. The van der Waals surface area contributed by atoms with Crippen molar-refractivity contribution in [3.63, 3.8) is 0 Å². The Morgan fingerprint density at radius 1 is 1.24 bits per heavy atom. The van der Waals surface area contributed by atoms with Gasteiger partial charge in [0.2, 0.25) is 0 Å². The lowest BCUT2D eigenvalue weighted by molar-refractivity contribution is 0.354. The Bertz CT molecular complexity index is 515. The van der Waals surface area contributed by atoms with Crippen LogP contribution in [0.15, 0.2) is 23.2 Å². The minimum absolute atomic E-state index is 0.160. The second-order valence-electron chi connectivity index (χ2n) is 5.73. The highest BCUT2D eigenvalue weighted by atomic mass is 32.2. The normalized spacial score (nSPS) is 19.1. The van der Waals surface area contributed by atoms with E-state index in [1.165, 1.54) is 12.0 Å². The summed E-state index contributed by atoms with van der Waals surface area (Å²) in [6.07, 6.45) is 2.07. The summed E-state index contributed by atoms with van der Waals surface area (Å²) in [6.45, 7) is 5.22. The highest BCUT2D eigenvalue weighted by Gasteiger charge is 2.23. The van der Waals surface area contributed by atoms with Crippen molar-refractivity contribution in [2.45, 2.75) is 32.2 Å². The molecule has 1 heterocycles. The molecule has 0 spiro atoms. The predicted molar refractivity (Wildman–Crippen MR) is 89.8 cm³/mol. The fraction of sp³-hybridized carbons (Fsp3) is 0.562. The van der Waals surface area contributed by atoms with E-state index in [0.717, 1.165) is 35.4 Å². The zero-order chi connectivity index (χ0) is 15.3. The topological polar surface area (TPSA) is 42.8 Å². The molecule has 21 heavy (non-hydrogen) atoms. The predicted octanol–water partition coefficient (Wildman–Crippen LogP) is 3.11. The van der Waals surface area contributed by atoms with E-state index in [1.54, 1.807) is 14.2 Å². The Morgan fingerprint density at radius 3 is 2.67 bits per heavy atom. The second kappa shape index (κ2) is 7.07. The van der Waals surface area contributed by atoms with Gasteiger partial charge in [-0.05, 0) is 44.4 Å². The van der Waals surface area contributed by atoms with Crippen molar-refractivity contribution in [2.24, 2.45) is 4.99 Å². The first-order chi connectivity index (χ1) is 10.0. The van der Waals surface area contributed by atoms with Gasteiger partial charge in [-0.25, -0.2) is 0 Å².